The van der Waals surface area contributed by atoms with E-state index in [1.807, 2.05) is 12.1 Å². The summed E-state index contributed by atoms with van der Waals surface area (Å²) < 4.78 is 0. The number of piperidine rings is 2. The van der Waals surface area contributed by atoms with Gasteiger partial charge in [-0.3, -0.25) is 19.7 Å². The first-order valence-electron chi connectivity index (χ1n) is 12.4. The van der Waals surface area contributed by atoms with Crippen molar-refractivity contribution in [1.82, 2.24) is 20.2 Å². The van der Waals surface area contributed by atoms with Crippen molar-refractivity contribution in [2.24, 2.45) is 5.92 Å². The molecule has 2 fully saturated rings. The highest BCUT2D eigenvalue weighted by Crippen LogP contribution is 2.32. The molecule has 2 saturated heterocycles. The zero-order valence-electron chi connectivity index (χ0n) is 19.5. The molecule has 35 heavy (non-hydrogen) atoms. The molecule has 6 rings (SSSR count). The van der Waals surface area contributed by atoms with Gasteiger partial charge in [0.2, 0.25) is 11.8 Å². The molecule has 1 N–H and O–H groups in total. The first-order valence-corrected chi connectivity index (χ1v) is 12.4. The van der Waals surface area contributed by atoms with Crippen LogP contribution in [-0.4, -0.2) is 51.7 Å². The first-order chi connectivity index (χ1) is 17.1. The minimum atomic E-state index is -0.610. The van der Waals surface area contributed by atoms with Crippen LogP contribution >= 0.6 is 0 Å². The number of aryl methyl sites for hydroxylation is 1. The predicted octanol–water partition coefficient (Wildman–Crippen LogP) is 1.99. The second-order valence-electron chi connectivity index (χ2n) is 9.74. The van der Waals surface area contributed by atoms with Gasteiger partial charge in [0.1, 0.15) is 18.2 Å². The van der Waals surface area contributed by atoms with Crippen molar-refractivity contribution in [2.75, 3.05) is 18.0 Å². The number of carbonyl (C=O) groups excluding carboxylic acids is 3. The quantitative estimate of drug-likeness (QED) is 0.534. The zero-order chi connectivity index (χ0) is 23.9. The van der Waals surface area contributed by atoms with Crippen LogP contribution in [0.4, 0.5) is 5.82 Å². The van der Waals surface area contributed by atoms with E-state index < -0.39 is 11.9 Å². The Kier molecular flexibility index (Phi) is 5.48. The monoisotopic (exact) mass is 469 g/mol. The summed E-state index contributed by atoms with van der Waals surface area (Å²) in [4.78, 5) is 49.9. The lowest BCUT2D eigenvalue weighted by molar-refractivity contribution is -0.136. The van der Waals surface area contributed by atoms with Gasteiger partial charge in [0.05, 0.1) is 0 Å². The first kappa shape index (κ1) is 21.8. The summed E-state index contributed by atoms with van der Waals surface area (Å²) in [6.45, 7) is 2.21. The molecular formula is C27H27N5O3. The number of aromatic nitrogens is 2. The van der Waals surface area contributed by atoms with E-state index in [4.69, 9.17) is 0 Å². The van der Waals surface area contributed by atoms with Gasteiger partial charge in [0.25, 0.3) is 5.91 Å². The summed E-state index contributed by atoms with van der Waals surface area (Å²) in [5, 5.41) is 2.35. The Morgan fingerprint density at radius 1 is 0.971 bits per heavy atom. The van der Waals surface area contributed by atoms with E-state index in [1.165, 1.54) is 11.3 Å². The topological polar surface area (TPSA) is 95.5 Å². The maximum atomic E-state index is 13.0. The van der Waals surface area contributed by atoms with Crippen LogP contribution in [0.2, 0.25) is 0 Å². The van der Waals surface area contributed by atoms with Crippen LogP contribution < -0.4 is 10.2 Å². The van der Waals surface area contributed by atoms with Crippen molar-refractivity contribution in [3.8, 4) is 11.8 Å². The molecular weight excluding hydrogens is 442 g/mol. The number of anilines is 1. The summed E-state index contributed by atoms with van der Waals surface area (Å²) in [5.74, 6) is 7.36. The molecule has 4 aliphatic rings. The van der Waals surface area contributed by atoms with Crippen molar-refractivity contribution >= 4 is 23.5 Å². The number of imide groups is 1. The lowest BCUT2D eigenvalue weighted by Gasteiger charge is -2.31. The molecule has 3 amide bonds. The SMILES string of the molecule is O=C1CCC(N2Cc3c(C#CC4CCN(c5ncnc6c5CCC6)CC4)cccc3C2=O)C(=O)N1. The van der Waals surface area contributed by atoms with Gasteiger partial charge >= 0.3 is 0 Å². The molecule has 1 unspecified atom stereocenters. The molecule has 2 aromatic rings. The Morgan fingerprint density at radius 3 is 2.66 bits per heavy atom. The number of benzene rings is 1. The van der Waals surface area contributed by atoms with Crippen LogP contribution in [0.25, 0.3) is 0 Å². The fraction of sp³-hybridized carbons (Fsp3) is 0.444. The average Bonchev–Trinajstić information content (AvgIpc) is 3.48. The number of carbonyl (C=O) groups is 3. The Morgan fingerprint density at radius 2 is 1.83 bits per heavy atom. The Bertz CT molecular complexity index is 1290. The van der Waals surface area contributed by atoms with Crippen LogP contribution in [0.15, 0.2) is 24.5 Å². The molecule has 0 saturated carbocycles. The molecule has 178 valence electrons. The van der Waals surface area contributed by atoms with Crippen molar-refractivity contribution in [1.29, 1.82) is 0 Å². The van der Waals surface area contributed by atoms with Crippen LogP contribution in [-0.2, 0) is 29.0 Å². The highest BCUT2D eigenvalue weighted by Gasteiger charge is 2.39. The molecule has 8 heteroatoms. The summed E-state index contributed by atoms with van der Waals surface area (Å²) in [6, 6.07) is 4.99. The Labute approximate surface area is 204 Å². The number of nitrogens with one attached hydrogen (secondary N) is 1. The third-order valence-electron chi connectivity index (χ3n) is 7.64. The predicted molar refractivity (Wildman–Crippen MR) is 128 cm³/mol. The van der Waals surface area contributed by atoms with E-state index in [0.717, 1.165) is 62.1 Å². The van der Waals surface area contributed by atoms with Crippen LogP contribution in [0.3, 0.4) is 0 Å². The molecule has 3 aliphatic heterocycles. The van der Waals surface area contributed by atoms with E-state index in [-0.39, 0.29) is 18.2 Å². The van der Waals surface area contributed by atoms with E-state index in [0.29, 0.717) is 24.4 Å². The summed E-state index contributed by atoms with van der Waals surface area (Å²) in [5.41, 5.74) is 4.86. The fourth-order valence-corrected chi connectivity index (χ4v) is 5.73. The highest BCUT2D eigenvalue weighted by molar-refractivity contribution is 6.05. The van der Waals surface area contributed by atoms with Gasteiger partial charge in [-0.2, -0.15) is 0 Å². The second-order valence-corrected chi connectivity index (χ2v) is 9.74. The number of nitrogens with zero attached hydrogens (tertiary/aromatic N) is 4. The van der Waals surface area contributed by atoms with Crippen LogP contribution in [0.5, 0.6) is 0 Å². The number of hydrogen-bond donors (Lipinski definition) is 1. The molecule has 4 heterocycles. The molecule has 1 atom stereocenters. The van der Waals surface area contributed by atoms with Gasteiger partial charge in [-0.1, -0.05) is 17.9 Å². The summed E-state index contributed by atoms with van der Waals surface area (Å²) in [7, 11) is 0. The minimum Gasteiger partial charge on any atom is -0.356 e. The Balaban J connectivity index is 1.15. The number of fused-ring (bicyclic) bond motifs is 2. The summed E-state index contributed by atoms with van der Waals surface area (Å²) in [6.07, 6.45) is 7.54. The standard InChI is InChI=1S/C27H27N5O3/c33-24-10-9-23(26(34)30-24)32-15-21-18(3-1-4-19(21)27(32)35)8-7-17-11-13-31(14-12-17)25-20-5-2-6-22(20)28-16-29-25/h1,3-4,16-17,23H,2,5-6,9-15H2,(H,30,33,34). The maximum Gasteiger partial charge on any atom is 0.255 e. The van der Waals surface area contributed by atoms with E-state index in [1.54, 1.807) is 17.3 Å². The molecule has 0 spiro atoms. The lowest BCUT2D eigenvalue weighted by atomic mass is 9.96. The van der Waals surface area contributed by atoms with E-state index in [2.05, 4.69) is 32.0 Å². The average molecular weight is 470 g/mol. The van der Waals surface area contributed by atoms with E-state index >= 15 is 0 Å². The third-order valence-corrected chi connectivity index (χ3v) is 7.64. The fourth-order valence-electron chi connectivity index (χ4n) is 5.73. The third kappa shape index (κ3) is 3.95. The second kappa shape index (κ2) is 8.81. The molecule has 1 aromatic heterocycles. The van der Waals surface area contributed by atoms with Crippen LogP contribution in [0, 0.1) is 17.8 Å². The maximum absolute atomic E-state index is 13.0. The van der Waals surface area contributed by atoms with Gasteiger partial charge in [0.15, 0.2) is 0 Å². The normalized spacial score (nSPS) is 21.9. The van der Waals surface area contributed by atoms with Gasteiger partial charge in [-0.25, -0.2) is 9.97 Å². The van der Waals surface area contributed by atoms with Crippen molar-refractivity contribution in [2.45, 2.75) is 57.5 Å². The zero-order valence-corrected chi connectivity index (χ0v) is 19.5. The Hall–Kier alpha value is -3.73. The molecule has 1 aromatic carbocycles. The number of amides is 3. The lowest BCUT2D eigenvalue weighted by Crippen LogP contribution is -2.52. The van der Waals surface area contributed by atoms with Gasteiger partial charge in [-0.15, -0.1) is 0 Å². The highest BCUT2D eigenvalue weighted by atomic mass is 16.2. The number of hydrogen-bond acceptors (Lipinski definition) is 6. The molecule has 0 bridgehead atoms. The smallest absolute Gasteiger partial charge is 0.255 e. The van der Waals surface area contributed by atoms with Crippen molar-refractivity contribution in [3.05, 3.63) is 52.5 Å². The van der Waals surface area contributed by atoms with Crippen LogP contribution in [0.1, 0.15) is 64.8 Å². The van der Waals surface area contributed by atoms with Crippen molar-refractivity contribution in [3.63, 3.8) is 0 Å². The van der Waals surface area contributed by atoms with E-state index in [9.17, 15) is 14.4 Å². The molecule has 8 nitrogen and oxygen atoms in total. The largest absolute Gasteiger partial charge is 0.356 e. The van der Waals surface area contributed by atoms with Crippen molar-refractivity contribution < 1.29 is 14.4 Å². The van der Waals surface area contributed by atoms with Gasteiger partial charge < -0.3 is 9.80 Å². The van der Waals surface area contributed by atoms with Gasteiger partial charge in [-0.05, 0) is 56.2 Å². The molecule has 0 radical (unpaired) electrons. The van der Waals surface area contributed by atoms with Gasteiger partial charge in [0, 0.05) is 54.4 Å². The minimum absolute atomic E-state index is 0.163. The number of rotatable bonds is 2. The summed E-state index contributed by atoms with van der Waals surface area (Å²) >= 11 is 0. The molecule has 1 aliphatic carbocycles.